The molecule has 0 amide bonds. The molecule has 1 aliphatic rings. The minimum atomic E-state index is -0.867. The van der Waals surface area contributed by atoms with Crippen molar-refractivity contribution < 1.29 is 13.9 Å². The summed E-state index contributed by atoms with van der Waals surface area (Å²) in [7, 11) is 0. The van der Waals surface area contributed by atoms with Gasteiger partial charge in [-0.05, 0) is 36.6 Å². The van der Waals surface area contributed by atoms with E-state index < -0.39 is 11.4 Å². The van der Waals surface area contributed by atoms with Gasteiger partial charge in [-0.1, -0.05) is 11.6 Å². The first-order valence-electron chi connectivity index (χ1n) is 5.85. The molecule has 1 fully saturated rings. The lowest BCUT2D eigenvalue weighted by Crippen LogP contribution is -2.52. The molecular formula is C13H15ClFNO2. The summed E-state index contributed by atoms with van der Waals surface area (Å²) in [6.45, 7) is 0.970. The summed E-state index contributed by atoms with van der Waals surface area (Å²) < 4.78 is 18.3. The number of carbonyl (C=O) groups excluding carboxylic acids is 1. The molecule has 2 rings (SSSR count). The van der Waals surface area contributed by atoms with E-state index in [1.165, 1.54) is 18.2 Å². The molecule has 1 aromatic rings. The number of hydrogen-bond acceptors (Lipinski definition) is 3. The van der Waals surface area contributed by atoms with Crippen LogP contribution in [-0.4, -0.2) is 24.5 Å². The first-order valence-corrected chi connectivity index (χ1v) is 6.23. The number of ether oxygens (including phenoxy) is 1. The van der Waals surface area contributed by atoms with Crippen LogP contribution < -0.4 is 5.73 Å². The summed E-state index contributed by atoms with van der Waals surface area (Å²) in [5, 5.41) is 0.389. The third-order valence-corrected chi connectivity index (χ3v) is 3.67. The first-order chi connectivity index (χ1) is 8.51. The second-order valence-corrected chi connectivity index (χ2v) is 5.01. The Morgan fingerprint density at radius 3 is 2.78 bits per heavy atom. The Morgan fingerprint density at radius 1 is 1.44 bits per heavy atom. The zero-order valence-electron chi connectivity index (χ0n) is 9.92. The maximum absolute atomic E-state index is 13.1. The second kappa shape index (κ2) is 5.34. The Balaban J connectivity index is 2.13. The number of benzene rings is 1. The molecule has 1 saturated heterocycles. The Morgan fingerprint density at radius 2 is 2.11 bits per heavy atom. The van der Waals surface area contributed by atoms with Crippen LogP contribution in [0, 0.1) is 5.82 Å². The Kier molecular flexibility index (Phi) is 4.00. The molecule has 0 bridgehead atoms. The molecule has 1 aliphatic heterocycles. The predicted molar refractivity (Wildman–Crippen MR) is 67.1 cm³/mol. The van der Waals surface area contributed by atoms with E-state index >= 15 is 0 Å². The van der Waals surface area contributed by atoms with Crippen LogP contribution in [0.25, 0.3) is 0 Å². The van der Waals surface area contributed by atoms with Crippen LogP contribution in [-0.2, 0) is 16.0 Å². The van der Waals surface area contributed by atoms with Gasteiger partial charge in [-0.15, -0.1) is 0 Å². The standard InChI is InChI=1S/C13H15ClFNO2/c14-11-2-1-10(15)7-9(11)8-12(17)13(16)3-5-18-6-4-13/h1-2,7H,3-6,8,16H2. The fraction of sp³-hybridized carbons (Fsp3) is 0.462. The maximum Gasteiger partial charge on any atom is 0.157 e. The van der Waals surface area contributed by atoms with Crippen molar-refractivity contribution in [1.29, 1.82) is 0 Å². The lowest BCUT2D eigenvalue weighted by atomic mass is 9.84. The van der Waals surface area contributed by atoms with Crippen molar-refractivity contribution in [3.05, 3.63) is 34.6 Å². The summed E-state index contributed by atoms with van der Waals surface area (Å²) in [6.07, 6.45) is 1.06. The summed E-state index contributed by atoms with van der Waals surface area (Å²) in [5.74, 6) is -0.515. The zero-order chi connectivity index (χ0) is 13.2. The lowest BCUT2D eigenvalue weighted by Gasteiger charge is -2.31. The minimum absolute atomic E-state index is 0.0626. The van der Waals surface area contributed by atoms with Crippen LogP contribution in [0.3, 0.4) is 0 Å². The van der Waals surface area contributed by atoms with E-state index in [9.17, 15) is 9.18 Å². The molecule has 0 aliphatic carbocycles. The van der Waals surface area contributed by atoms with Crippen LogP contribution in [0.15, 0.2) is 18.2 Å². The van der Waals surface area contributed by atoms with Gasteiger partial charge in [0.2, 0.25) is 0 Å². The molecule has 0 radical (unpaired) electrons. The average Bonchev–Trinajstić information content (AvgIpc) is 2.35. The molecule has 0 spiro atoms. The van der Waals surface area contributed by atoms with Gasteiger partial charge in [0.05, 0.1) is 5.54 Å². The highest BCUT2D eigenvalue weighted by Gasteiger charge is 2.35. The van der Waals surface area contributed by atoms with Crippen molar-refractivity contribution in [2.24, 2.45) is 5.73 Å². The van der Waals surface area contributed by atoms with Crippen molar-refractivity contribution in [2.75, 3.05) is 13.2 Å². The largest absolute Gasteiger partial charge is 0.381 e. The highest BCUT2D eigenvalue weighted by atomic mass is 35.5. The quantitative estimate of drug-likeness (QED) is 0.916. The number of rotatable bonds is 3. The second-order valence-electron chi connectivity index (χ2n) is 4.60. The molecule has 98 valence electrons. The number of halogens is 2. The molecule has 0 atom stereocenters. The molecule has 1 aromatic carbocycles. The van der Waals surface area contributed by atoms with Crippen LogP contribution in [0.1, 0.15) is 18.4 Å². The third-order valence-electron chi connectivity index (χ3n) is 3.30. The zero-order valence-corrected chi connectivity index (χ0v) is 10.7. The van der Waals surface area contributed by atoms with Crippen molar-refractivity contribution in [3.63, 3.8) is 0 Å². The van der Waals surface area contributed by atoms with E-state index in [-0.39, 0.29) is 12.2 Å². The van der Waals surface area contributed by atoms with E-state index in [4.69, 9.17) is 22.1 Å². The lowest BCUT2D eigenvalue weighted by molar-refractivity contribution is -0.126. The van der Waals surface area contributed by atoms with E-state index in [1.807, 2.05) is 0 Å². The minimum Gasteiger partial charge on any atom is -0.381 e. The van der Waals surface area contributed by atoms with Crippen molar-refractivity contribution in [2.45, 2.75) is 24.8 Å². The van der Waals surface area contributed by atoms with E-state index in [1.54, 1.807) is 0 Å². The average molecular weight is 272 g/mol. The number of hydrogen-bond donors (Lipinski definition) is 1. The van der Waals surface area contributed by atoms with Crippen LogP contribution in [0.5, 0.6) is 0 Å². The molecule has 1 heterocycles. The number of Topliss-reactive ketones (excluding diaryl/α,β-unsaturated/α-hetero) is 1. The molecule has 3 nitrogen and oxygen atoms in total. The van der Waals surface area contributed by atoms with Crippen LogP contribution in [0.4, 0.5) is 4.39 Å². The van der Waals surface area contributed by atoms with Gasteiger partial charge >= 0.3 is 0 Å². The molecule has 18 heavy (non-hydrogen) atoms. The fourth-order valence-electron chi connectivity index (χ4n) is 2.04. The third kappa shape index (κ3) is 2.88. The van der Waals surface area contributed by atoms with Gasteiger partial charge in [-0.3, -0.25) is 4.79 Å². The van der Waals surface area contributed by atoms with Crippen LogP contribution in [0.2, 0.25) is 5.02 Å². The number of nitrogens with two attached hydrogens (primary N) is 1. The maximum atomic E-state index is 13.1. The smallest absolute Gasteiger partial charge is 0.157 e. The van der Waals surface area contributed by atoms with Gasteiger partial charge in [0.1, 0.15) is 5.82 Å². The normalized spacial score (nSPS) is 18.6. The molecule has 0 aromatic heterocycles. The van der Waals surface area contributed by atoms with Gasteiger partial charge in [0.25, 0.3) is 0 Å². The Bertz CT molecular complexity index is 458. The van der Waals surface area contributed by atoms with Gasteiger partial charge < -0.3 is 10.5 Å². The first kappa shape index (κ1) is 13.5. The molecule has 0 saturated carbocycles. The molecule has 5 heteroatoms. The van der Waals surface area contributed by atoms with Crippen molar-refractivity contribution in [3.8, 4) is 0 Å². The van der Waals surface area contributed by atoms with Crippen molar-refractivity contribution in [1.82, 2.24) is 0 Å². The predicted octanol–water partition coefficient (Wildman–Crippen LogP) is 2.10. The topological polar surface area (TPSA) is 52.3 Å². The SMILES string of the molecule is NC1(C(=O)Cc2cc(F)ccc2Cl)CCOCC1. The molecular weight excluding hydrogens is 257 g/mol. The van der Waals surface area contributed by atoms with E-state index in [0.29, 0.717) is 36.6 Å². The van der Waals surface area contributed by atoms with E-state index in [0.717, 1.165) is 0 Å². The summed E-state index contributed by atoms with van der Waals surface area (Å²) in [5.41, 5.74) is 5.69. The van der Waals surface area contributed by atoms with E-state index in [2.05, 4.69) is 0 Å². The fourth-order valence-corrected chi connectivity index (χ4v) is 2.23. The summed E-state index contributed by atoms with van der Waals surface area (Å²) in [6, 6.07) is 4.00. The molecule has 0 unspecified atom stereocenters. The van der Waals surface area contributed by atoms with Gasteiger partial charge in [0.15, 0.2) is 5.78 Å². The highest BCUT2D eigenvalue weighted by molar-refractivity contribution is 6.31. The van der Waals surface area contributed by atoms with Gasteiger partial charge in [-0.25, -0.2) is 4.39 Å². The van der Waals surface area contributed by atoms with Crippen molar-refractivity contribution >= 4 is 17.4 Å². The monoisotopic (exact) mass is 271 g/mol. The Labute approximate surface area is 110 Å². The van der Waals surface area contributed by atoms with Gasteiger partial charge in [0, 0.05) is 24.7 Å². The molecule has 2 N–H and O–H groups in total. The number of carbonyl (C=O) groups is 1. The highest BCUT2D eigenvalue weighted by Crippen LogP contribution is 2.24. The Hall–Kier alpha value is -0.970. The summed E-state index contributed by atoms with van der Waals surface area (Å²) >= 11 is 5.94. The van der Waals surface area contributed by atoms with Gasteiger partial charge in [-0.2, -0.15) is 0 Å². The van der Waals surface area contributed by atoms with Crippen LogP contribution >= 0.6 is 11.6 Å². The number of ketones is 1. The summed E-state index contributed by atoms with van der Waals surface area (Å²) in [4.78, 5) is 12.2.